The zero-order valence-electron chi connectivity index (χ0n) is 13.3. The SMILES string of the molecule is Cc1ccc(C)c(C(O)CN(C)CC2CCN(C)C2)c1. The van der Waals surface area contributed by atoms with Crippen molar-refractivity contribution >= 4 is 0 Å². The Bertz CT molecular complexity index is 447. The van der Waals surface area contributed by atoms with E-state index in [1.165, 1.54) is 30.6 Å². The molecule has 2 rings (SSSR count). The third kappa shape index (κ3) is 4.05. The largest absolute Gasteiger partial charge is 0.387 e. The summed E-state index contributed by atoms with van der Waals surface area (Å²) in [5.41, 5.74) is 3.46. The number of hydrogen-bond acceptors (Lipinski definition) is 3. The Morgan fingerprint density at radius 3 is 2.80 bits per heavy atom. The van der Waals surface area contributed by atoms with E-state index in [0.717, 1.165) is 18.0 Å². The smallest absolute Gasteiger partial charge is 0.0919 e. The second-order valence-corrected chi connectivity index (χ2v) is 6.51. The molecule has 3 nitrogen and oxygen atoms in total. The van der Waals surface area contributed by atoms with Crippen molar-refractivity contribution in [2.45, 2.75) is 26.4 Å². The lowest BCUT2D eigenvalue weighted by molar-refractivity contribution is 0.118. The molecule has 0 radical (unpaired) electrons. The van der Waals surface area contributed by atoms with Gasteiger partial charge in [-0.3, -0.25) is 0 Å². The van der Waals surface area contributed by atoms with Crippen LogP contribution in [-0.4, -0.2) is 55.2 Å². The van der Waals surface area contributed by atoms with Crippen molar-refractivity contribution in [3.8, 4) is 0 Å². The van der Waals surface area contributed by atoms with Gasteiger partial charge in [0.05, 0.1) is 6.10 Å². The average molecular weight is 276 g/mol. The van der Waals surface area contributed by atoms with Gasteiger partial charge in [0.1, 0.15) is 0 Å². The van der Waals surface area contributed by atoms with Crippen LogP contribution in [0.15, 0.2) is 18.2 Å². The molecule has 1 aromatic rings. The molecule has 20 heavy (non-hydrogen) atoms. The van der Waals surface area contributed by atoms with Crippen LogP contribution in [0, 0.1) is 19.8 Å². The Hall–Kier alpha value is -0.900. The van der Waals surface area contributed by atoms with Crippen LogP contribution >= 0.6 is 0 Å². The van der Waals surface area contributed by atoms with Crippen LogP contribution in [0.1, 0.15) is 29.2 Å². The molecule has 0 spiro atoms. The summed E-state index contributed by atoms with van der Waals surface area (Å²) >= 11 is 0. The summed E-state index contributed by atoms with van der Waals surface area (Å²) in [4.78, 5) is 4.66. The fourth-order valence-electron chi connectivity index (χ4n) is 3.20. The van der Waals surface area contributed by atoms with Crippen molar-refractivity contribution < 1.29 is 5.11 Å². The van der Waals surface area contributed by atoms with Gasteiger partial charge in [-0.1, -0.05) is 23.8 Å². The summed E-state index contributed by atoms with van der Waals surface area (Å²) < 4.78 is 0. The van der Waals surface area contributed by atoms with E-state index >= 15 is 0 Å². The van der Waals surface area contributed by atoms with E-state index in [2.05, 4.69) is 55.9 Å². The highest BCUT2D eigenvalue weighted by atomic mass is 16.3. The zero-order valence-corrected chi connectivity index (χ0v) is 13.3. The maximum absolute atomic E-state index is 10.5. The number of likely N-dealkylation sites (tertiary alicyclic amines) is 1. The van der Waals surface area contributed by atoms with Crippen molar-refractivity contribution in [2.75, 3.05) is 40.3 Å². The summed E-state index contributed by atoms with van der Waals surface area (Å²) in [7, 11) is 4.30. The molecule has 1 heterocycles. The standard InChI is InChI=1S/C17H28N2O/c1-13-5-6-14(2)16(9-13)17(20)12-19(4)11-15-7-8-18(3)10-15/h5-6,9,15,17,20H,7-8,10-12H2,1-4H3. The molecule has 1 aromatic carbocycles. The Labute approximate surface area is 123 Å². The predicted octanol–water partition coefficient (Wildman–Crippen LogP) is 2.22. The third-order valence-electron chi connectivity index (χ3n) is 4.34. The second kappa shape index (κ2) is 6.70. The van der Waals surface area contributed by atoms with Gasteiger partial charge in [0.2, 0.25) is 0 Å². The number of rotatable bonds is 5. The highest BCUT2D eigenvalue weighted by molar-refractivity contribution is 5.32. The van der Waals surface area contributed by atoms with E-state index in [1.54, 1.807) is 0 Å². The molecule has 0 aromatic heterocycles. The third-order valence-corrected chi connectivity index (χ3v) is 4.34. The second-order valence-electron chi connectivity index (χ2n) is 6.51. The fraction of sp³-hybridized carbons (Fsp3) is 0.647. The maximum atomic E-state index is 10.5. The van der Waals surface area contributed by atoms with E-state index in [4.69, 9.17) is 0 Å². The Morgan fingerprint density at radius 1 is 1.40 bits per heavy atom. The molecule has 112 valence electrons. The highest BCUT2D eigenvalue weighted by Crippen LogP contribution is 2.21. The van der Waals surface area contributed by atoms with Gasteiger partial charge in [0.15, 0.2) is 0 Å². The van der Waals surface area contributed by atoms with E-state index in [0.29, 0.717) is 6.54 Å². The summed E-state index contributed by atoms with van der Waals surface area (Å²) in [5.74, 6) is 0.746. The molecule has 1 aliphatic heterocycles. The summed E-state index contributed by atoms with van der Waals surface area (Å²) in [6, 6.07) is 6.31. The predicted molar refractivity (Wildman–Crippen MR) is 84.0 cm³/mol. The molecule has 2 unspecified atom stereocenters. The topological polar surface area (TPSA) is 26.7 Å². The molecule has 1 fully saturated rings. The van der Waals surface area contributed by atoms with Crippen molar-refractivity contribution in [3.63, 3.8) is 0 Å². The number of nitrogens with zero attached hydrogens (tertiary/aromatic N) is 2. The molecular formula is C17H28N2O. The quantitative estimate of drug-likeness (QED) is 0.893. The molecule has 3 heteroatoms. The van der Waals surface area contributed by atoms with Crippen LogP contribution in [0.4, 0.5) is 0 Å². The van der Waals surface area contributed by atoms with Crippen LogP contribution < -0.4 is 0 Å². The van der Waals surface area contributed by atoms with Gasteiger partial charge in [0, 0.05) is 19.6 Å². The van der Waals surface area contributed by atoms with Crippen molar-refractivity contribution in [2.24, 2.45) is 5.92 Å². The summed E-state index contributed by atoms with van der Waals surface area (Å²) in [6.45, 7) is 8.33. The molecule has 0 saturated carbocycles. The Morgan fingerprint density at radius 2 is 2.15 bits per heavy atom. The first-order chi connectivity index (χ1) is 9.45. The van der Waals surface area contributed by atoms with E-state index in [9.17, 15) is 5.11 Å². The van der Waals surface area contributed by atoms with Gasteiger partial charge in [0.25, 0.3) is 0 Å². The summed E-state index contributed by atoms with van der Waals surface area (Å²) in [6.07, 6.45) is 0.888. The minimum absolute atomic E-state index is 0.390. The normalized spacial score (nSPS) is 21.6. The number of likely N-dealkylation sites (N-methyl/N-ethyl adjacent to an activating group) is 1. The average Bonchev–Trinajstić information content (AvgIpc) is 2.77. The van der Waals surface area contributed by atoms with Gasteiger partial charge in [-0.25, -0.2) is 0 Å². The molecule has 0 aliphatic carbocycles. The Balaban J connectivity index is 1.90. The van der Waals surface area contributed by atoms with Gasteiger partial charge >= 0.3 is 0 Å². The van der Waals surface area contributed by atoms with Crippen molar-refractivity contribution in [1.29, 1.82) is 0 Å². The molecule has 1 saturated heterocycles. The van der Waals surface area contributed by atoms with Crippen LogP contribution in [-0.2, 0) is 0 Å². The molecular weight excluding hydrogens is 248 g/mol. The van der Waals surface area contributed by atoms with Crippen LogP contribution in [0.3, 0.4) is 0 Å². The van der Waals surface area contributed by atoms with Gasteiger partial charge in [-0.15, -0.1) is 0 Å². The summed E-state index contributed by atoms with van der Waals surface area (Å²) in [5, 5.41) is 10.5. The van der Waals surface area contributed by atoms with Gasteiger partial charge < -0.3 is 14.9 Å². The van der Waals surface area contributed by atoms with Crippen molar-refractivity contribution in [3.05, 3.63) is 34.9 Å². The first-order valence-electron chi connectivity index (χ1n) is 7.58. The lowest BCUT2D eigenvalue weighted by Crippen LogP contribution is -2.31. The van der Waals surface area contributed by atoms with Gasteiger partial charge in [-0.2, -0.15) is 0 Å². The minimum atomic E-state index is -0.390. The number of aliphatic hydroxyl groups excluding tert-OH is 1. The fourth-order valence-corrected chi connectivity index (χ4v) is 3.20. The maximum Gasteiger partial charge on any atom is 0.0919 e. The zero-order chi connectivity index (χ0) is 14.7. The monoisotopic (exact) mass is 276 g/mol. The van der Waals surface area contributed by atoms with Crippen LogP contribution in [0.25, 0.3) is 0 Å². The Kier molecular flexibility index (Phi) is 5.19. The lowest BCUT2D eigenvalue weighted by Gasteiger charge is -2.24. The first kappa shape index (κ1) is 15.5. The number of aryl methyl sites for hydroxylation is 2. The first-order valence-corrected chi connectivity index (χ1v) is 7.58. The van der Waals surface area contributed by atoms with Crippen molar-refractivity contribution in [1.82, 2.24) is 9.80 Å². The lowest BCUT2D eigenvalue weighted by atomic mass is 10.00. The van der Waals surface area contributed by atoms with Crippen LogP contribution in [0.5, 0.6) is 0 Å². The highest BCUT2D eigenvalue weighted by Gasteiger charge is 2.22. The van der Waals surface area contributed by atoms with E-state index < -0.39 is 0 Å². The van der Waals surface area contributed by atoms with Crippen LogP contribution in [0.2, 0.25) is 0 Å². The van der Waals surface area contributed by atoms with E-state index in [1.807, 2.05) is 0 Å². The van der Waals surface area contributed by atoms with E-state index in [-0.39, 0.29) is 6.10 Å². The minimum Gasteiger partial charge on any atom is -0.387 e. The molecule has 1 N–H and O–H groups in total. The number of aliphatic hydroxyl groups is 1. The molecule has 0 amide bonds. The van der Waals surface area contributed by atoms with Gasteiger partial charge in [-0.05, 0) is 58.0 Å². The molecule has 0 bridgehead atoms. The molecule has 2 atom stereocenters. The molecule has 1 aliphatic rings. The number of benzene rings is 1. The number of hydrogen-bond donors (Lipinski definition) is 1.